The standard InChI is InChI=1S/C13H12F3N3O2/c14-13(15,16)9-4-3-8(7-17)10(18-9)19-12(11(20)21)5-1-2-6-12/h3-4H,1-2,5-6H2,(H,18,19)(H,20,21). The lowest BCUT2D eigenvalue weighted by molar-refractivity contribution is -0.142. The second kappa shape index (κ2) is 5.24. The minimum absolute atomic E-state index is 0.115. The molecule has 2 rings (SSSR count). The Balaban J connectivity index is 2.42. The molecule has 8 heteroatoms. The maximum atomic E-state index is 12.7. The van der Waals surface area contributed by atoms with Crippen molar-refractivity contribution in [2.45, 2.75) is 37.4 Å². The third kappa shape index (κ3) is 2.91. The molecule has 1 heterocycles. The van der Waals surface area contributed by atoms with E-state index in [1.165, 1.54) is 0 Å². The Morgan fingerprint density at radius 3 is 2.48 bits per heavy atom. The summed E-state index contributed by atoms with van der Waals surface area (Å²) in [6, 6.07) is 3.41. The van der Waals surface area contributed by atoms with Gasteiger partial charge in [-0.1, -0.05) is 12.8 Å². The first-order valence-corrected chi connectivity index (χ1v) is 6.28. The molecule has 1 aromatic rings. The van der Waals surface area contributed by atoms with Gasteiger partial charge in [0.1, 0.15) is 23.1 Å². The van der Waals surface area contributed by atoms with E-state index in [0.717, 1.165) is 6.07 Å². The van der Waals surface area contributed by atoms with Crippen molar-refractivity contribution in [2.24, 2.45) is 0 Å². The minimum Gasteiger partial charge on any atom is -0.480 e. The number of carboxylic acids is 1. The number of carboxylic acid groups (broad SMARTS) is 1. The Kier molecular flexibility index (Phi) is 3.77. The maximum absolute atomic E-state index is 12.7. The Hall–Kier alpha value is -2.30. The summed E-state index contributed by atoms with van der Waals surface area (Å²) in [7, 11) is 0. The second-order valence-electron chi connectivity index (χ2n) is 4.92. The monoisotopic (exact) mass is 299 g/mol. The van der Waals surface area contributed by atoms with Crippen molar-refractivity contribution >= 4 is 11.8 Å². The number of hydrogen-bond acceptors (Lipinski definition) is 4. The first kappa shape index (κ1) is 15.1. The molecule has 5 nitrogen and oxygen atoms in total. The van der Waals surface area contributed by atoms with Gasteiger partial charge in [-0.3, -0.25) is 0 Å². The fourth-order valence-electron chi connectivity index (χ4n) is 2.40. The van der Waals surface area contributed by atoms with Gasteiger partial charge in [-0.15, -0.1) is 0 Å². The lowest BCUT2D eigenvalue weighted by Gasteiger charge is -2.26. The number of aliphatic carboxylic acids is 1. The van der Waals surface area contributed by atoms with Gasteiger partial charge in [-0.25, -0.2) is 9.78 Å². The molecule has 0 radical (unpaired) electrons. The fraction of sp³-hybridized carbons (Fsp3) is 0.462. The van der Waals surface area contributed by atoms with E-state index in [-0.39, 0.29) is 24.2 Å². The molecule has 0 unspecified atom stereocenters. The first-order chi connectivity index (χ1) is 9.78. The van der Waals surface area contributed by atoms with E-state index >= 15 is 0 Å². The predicted molar refractivity (Wildman–Crippen MR) is 66.4 cm³/mol. The minimum atomic E-state index is -4.66. The van der Waals surface area contributed by atoms with Crippen LogP contribution in [-0.4, -0.2) is 21.6 Å². The van der Waals surface area contributed by atoms with Crippen molar-refractivity contribution in [1.29, 1.82) is 5.26 Å². The molecule has 1 aromatic heterocycles. The van der Waals surface area contributed by atoms with Gasteiger partial charge in [0.05, 0.1) is 5.56 Å². The Bertz CT molecular complexity index is 602. The van der Waals surface area contributed by atoms with E-state index in [0.29, 0.717) is 18.9 Å². The molecule has 0 atom stereocenters. The topological polar surface area (TPSA) is 86.0 Å². The third-order valence-electron chi connectivity index (χ3n) is 3.53. The van der Waals surface area contributed by atoms with Gasteiger partial charge < -0.3 is 10.4 Å². The summed E-state index contributed by atoms with van der Waals surface area (Å²) < 4.78 is 38.0. The van der Waals surface area contributed by atoms with Gasteiger partial charge in [-0.05, 0) is 25.0 Å². The number of nitrogens with one attached hydrogen (secondary N) is 1. The molecule has 0 aromatic carbocycles. The van der Waals surface area contributed by atoms with Crippen LogP contribution in [0.3, 0.4) is 0 Å². The van der Waals surface area contributed by atoms with Crippen molar-refractivity contribution in [3.05, 3.63) is 23.4 Å². The van der Waals surface area contributed by atoms with Crippen LogP contribution in [0.25, 0.3) is 0 Å². The van der Waals surface area contributed by atoms with E-state index in [1.807, 2.05) is 0 Å². The molecule has 0 amide bonds. The molecule has 21 heavy (non-hydrogen) atoms. The molecule has 0 bridgehead atoms. The highest BCUT2D eigenvalue weighted by molar-refractivity contribution is 5.83. The van der Waals surface area contributed by atoms with Gasteiger partial charge in [-0.2, -0.15) is 18.4 Å². The van der Waals surface area contributed by atoms with Crippen molar-refractivity contribution in [2.75, 3.05) is 5.32 Å². The SMILES string of the molecule is N#Cc1ccc(C(F)(F)F)nc1NC1(C(=O)O)CCCC1. The van der Waals surface area contributed by atoms with Crippen molar-refractivity contribution in [3.8, 4) is 6.07 Å². The van der Waals surface area contributed by atoms with Crippen LogP contribution in [-0.2, 0) is 11.0 Å². The molecule has 1 aliphatic rings. The van der Waals surface area contributed by atoms with E-state index in [4.69, 9.17) is 5.26 Å². The number of nitriles is 1. The van der Waals surface area contributed by atoms with Crippen LogP contribution in [0.2, 0.25) is 0 Å². The summed E-state index contributed by atoms with van der Waals surface area (Å²) >= 11 is 0. The number of halogens is 3. The van der Waals surface area contributed by atoms with Crippen LogP contribution in [0.5, 0.6) is 0 Å². The number of nitrogens with zero attached hydrogens (tertiary/aromatic N) is 2. The molecule has 0 aliphatic heterocycles. The lowest BCUT2D eigenvalue weighted by Crippen LogP contribution is -2.44. The summed E-state index contributed by atoms with van der Waals surface area (Å²) in [5.41, 5.74) is -2.64. The lowest BCUT2D eigenvalue weighted by atomic mass is 9.97. The summed E-state index contributed by atoms with van der Waals surface area (Å²) in [5.74, 6) is -1.49. The largest absolute Gasteiger partial charge is 0.480 e. The highest BCUT2D eigenvalue weighted by Crippen LogP contribution is 2.35. The second-order valence-corrected chi connectivity index (χ2v) is 4.92. The number of rotatable bonds is 3. The quantitative estimate of drug-likeness (QED) is 0.896. The zero-order valence-electron chi connectivity index (χ0n) is 10.9. The van der Waals surface area contributed by atoms with E-state index < -0.39 is 23.4 Å². The molecular weight excluding hydrogens is 287 g/mol. The Morgan fingerprint density at radius 1 is 1.38 bits per heavy atom. The molecular formula is C13H12F3N3O2. The van der Waals surface area contributed by atoms with Crippen molar-refractivity contribution < 1.29 is 23.1 Å². The van der Waals surface area contributed by atoms with E-state index in [9.17, 15) is 23.1 Å². The third-order valence-corrected chi connectivity index (χ3v) is 3.53. The zero-order valence-corrected chi connectivity index (χ0v) is 10.9. The molecule has 2 N–H and O–H groups in total. The molecule has 1 fully saturated rings. The summed E-state index contributed by atoms with van der Waals surface area (Å²) in [5, 5.41) is 20.8. The number of anilines is 1. The Labute approximate surface area is 118 Å². The van der Waals surface area contributed by atoms with Crippen LogP contribution in [0.4, 0.5) is 19.0 Å². The number of pyridine rings is 1. The van der Waals surface area contributed by atoms with Crippen LogP contribution in [0.15, 0.2) is 12.1 Å². The van der Waals surface area contributed by atoms with Crippen LogP contribution in [0, 0.1) is 11.3 Å². The van der Waals surface area contributed by atoms with Crippen molar-refractivity contribution in [3.63, 3.8) is 0 Å². The zero-order chi connectivity index (χ0) is 15.7. The van der Waals surface area contributed by atoms with Crippen LogP contribution < -0.4 is 5.32 Å². The number of carbonyl (C=O) groups is 1. The van der Waals surface area contributed by atoms with Gasteiger partial charge in [0, 0.05) is 0 Å². The van der Waals surface area contributed by atoms with E-state index in [1.54, 1.807) is 6.07 Å². The maximum Gasteiger partial charge on any atom is 0.433 e. The van der Waals surface area contributed by atoms with Gasteiger partial charge >= 0.3 is 12.1 Å². The van der Waals surface area contributed by atoms with Crippen LogP contribution in [0.1, 0.15) is 36.9 Å². The summed E-state index contributed by atoms with van der Waals surface area (Å²) in [6.45, 7) is 0. The number of alkyl halides is 3. The first-order valence-electron chi connectivity index (χ1n) is 6.28. The smallest absolute Gasteiger partial charge is 0.433 e. The molecule has 1 saturated carbocycles. The summed E-state index contributed by atoms with van der Waals surface area (Å²) in [4.78, 5) is 14.8. The predicted octanol–water partition coefficient (Wildman–Crippen LogP) is 2.78. The highest BCUT2D eigenvalue weighted by atomic mass is 19.4. The highest BCUT2D eigenvalue weighted by Gasteiger charge is 2.42. The number of hydrogen-bond donors (Lipinski definition) is 2. The fourth-order valence-corrected chi connectivity index (χ4v) is 2.40. The molecule has 1 aliphatic carbocycles. The average Bonchev–Trinajstić information content (AvgIpc) is 2.87. The normalized spacial score (nSPS) is 17.2. The van der Waals surface area contributed by atoms with Crippen molar-refractivity contribution in [1.82, 2.24) is 4.98 Å². The molecule has 112 valence electrons. The van der Waals surface area contributed by atoms with E-state index in [2.05, 4.69) is 10.3 Å². The Morgan fingerprint density at radius 2 is 2.00 bits per heavy atom. The average molecular weight is 299 g/mol. The number of aromatic nitrogens is 1. The molecule has 0 spiro atoms. The van der Waals surface area contributed by atoms with Gasteiger partial charge in [0.15, 0.2) is 0 Å². The van der Waals surface area contributed by atoms with Crippen LogP contribution >= 0.6 is 0 Å². The molecule has 0 saturated heterocycles. The summed E-state index contributed by atoms with van der Waals surface area (Å²) in [6.07, 6.45) is -2.78. The van der Waals surface area contributed by atoms with Gasteiger partial charge in [0.2, 0.25) is 0 Å². The van der Waals surface area contributed by atoms with Gasteiger partial charge in [0.25, 0.3) is 0 Å².